The van der Waals surface area contributed by atoms with Crippen molar-refractivity contribution in [3.05, 3.63) is 0 Å². The maximum atomic E-state index is 12.3. The van der Waals surface area contributed by atoms with Gasteiger partial charge in [0, 0.05) is 27.2 Å². The van der Waals surface area contributed by atoms with Crippen LogP contribution in [0, 0.1) is 0 Å². The molecule has 0 aromatic rings. The Morgan fingerprint density at radius 3 is 2.33 bits per heavy atom. The first kappa shape index (κ1) is 17.9. The second kappa shape index (κ2) is 7.75. The molecule has 1 saturated heterocycles. The van der Waals surface area contributed by atoms with Gasteiger partial charge in [-0.05, 0) is 33.6 Å². The fourth-order valence-corrected chi connectivity index (χ4v) is 2.54. The lowest BCUT2D eigenvalue weighted by Gasteiger charge is -2.29. The van der Waals surface area contributed by atoms with Crippen molar-refractivity contribution in [3.63, 3.8) is 0 Å². The Hall–Kier alpha value is -1.14. The second-order valence-corrected chi connectivity index (χ2v) is 6.22. The summed E-state index contributed by atoms with van der Waals surface area (Å²) in [5.74, 6) is -0.399. The molecule has 1 fully saturated rings. The molecule has 6 heteroatoms. The number of nitrogens with zero attached hydrogens (tertiary/aromatic N) is 1. The van der Waals surface area contributed by atoms with Gasteiger partial charge in [0.25, 0.3) is 0 Å². The van der Waals surface area contributed by atoms with Crippen LogP contribution in [0.4, 0.5) is 0 Å². The Balaban J connectivity index is 2.49. The van der Waals surface area contributed by atoms with Gasteiger partial charge in [-0.1, -0.05) is 0 Å². The number of ether oxygens (including phenoxy) is 3. The van der Waals surface area contributed by atoms with E-state index >= 15 is 0 Å². The van der Waals surface area contributed by atoms with Gasteiger partial charge in [0.05, 0.1) is 12.5 Å². The Bertz CT molecular complexity index is 360. The Morgan fingerprint density at radius 2 is 1.81 bits per heavy atom. The molecule has 0 aliphatic carbocycles. The average Bonchev–Trinajstić information content (AvgIpc) is 2.85. The van der Waals surface area contributed by atoms with Crippen LogP contribution in [0.15, 0.2) is 0 Å². The first-order valence-corrected chi connectivity index (χ1v) is 7.35. The Kier molecular flexibility index (Phi) is 6.61. The normalized spacial score (nSPS) is 19.1. The van der Waals surface area contributed by atoms with Crippen LogP contribution in [0.3, 0.4) is 0 Å². The number of carbonyl (C=O) groups excluding carboxylic acids is 2. The number of hydrogen-bond donors (Lipinski definition) is 0. The molecule has 0 saturated carbocycles. The summed E-state index contributed by atoms with van der Waals surface area (Å²) in [7, 11) is 3.13. The van der Waals surface area contributed by atoms with Gasteiger partial charge in [0.15, 0.2) is 6.29 Å². The monoisotopic (exact) mass is 301 g/mol. The van der Waals surface area contributed by atoms with Gasteiger partial charge in [0.2, 0.25) is 5.91 Å². The van der Waals surface area contributed by atoms with E-state index in [0.29, 0.717) is 6.54 Å². The van der Waals surface area contributed by atoms with Crippen molar-refractivity contribution in [3.8, 4) is 0 Å². The third kappa shape index (κ3) is 5.63. The van der Waals surface area contributed by atoms with Gasteiger partial charge >= 0.3 is 5.97 Å². The molecule has 0 radical (unpaired) electrons. The smallest absolute Gasteiger partial charge is 0.306 e. The summed E-state index contributed by atoms with van der Waals surface area (Å²) < 4.78 is 15.7. The van der Waals surface area contributed by atoms with Crippen molar-refractivity contribution in [1.29, 1.82) is 0 Å². The van der Waals surface area contributed by atoms with E-state index in [1.807, 2.05) is 20.8 Å². The minimum atomic E-state index is -0.520. The third-order valence-electron chi connectivity index (χ3n) is 3.36. The van der Waals surface area contributed by atoms with Gasteiger partial charge in [0.1, 0.15) is 5.60 Å². The van der Waals surface area contributed by atoms with Crippen LogP contribution in [0.1, 0.15) is 46.5 Å². The summed E-state index contributed by atoms with van der Waals surface area (Å²) >= 11 is 0. The highest BCUT2D eigenvalue weighted by Crippen LogP contribution is 2.23. The van der Waals surface area contributed by atoms with Crippen molar-refractivity contribution in [1.82, 2.24) is 4.90 Å². The molecule has 1 rings (SSSR count). The maximum Gasteiger partial charge on any atom is 0.306 e. The molecule has 1 heterocycles. The van der Waals surface area contributed by atoms with E-state index in [1.165, 1.54) is 0 Å². The third-order valence-corrected chi connectivity index (χ3v) is 3.36. The summed E-state index contributed by atoms with van der Waals surface area (Å²) in [4.78, 5) is 25.7. The van der Waals surface area contributed by atoms with E-state index in [0.717, 1.165) is 12.8 Å². The van der Waals surface area contributed by atoms with E-state index in [-0.39, 0.29) is 30.8 Å². The van der Waals surface area contributed by atoms with E-state index < -0.39 is 11.9 Å². The standard InChI is InChI=1S/C15H27NO5/c1-15(2,3)21-13(18)9-8-12(17)16-10-6-7-11(16)14(19-4)20-5/h11,14H,6-10H2,1-5H3/t11-/m0/s1. The minimum Gasteiger partial charge on any atom is -0.460 e. The first-order chi connectivity index (χ1) is 9.78. The fourth-order valence-electron chi connectivity index (χ4n) is 2.54. The minimum absolute atomic E-state index is 0.0533. The highest BCUT2D eigenvalue weighted by Gasteiger charge is 2.35. The largest absolute Gasteiger partial charge is 0.460 e. The fraction of sp³-hybridized carbons (Fsp3) is 0.867. The number of hydrogen-bond acceptors (Lipinski definition) is 5. The number of amides is 1. The molecule has 0 aromatic heterocycles. The molecule has 0 bridgehead atoms. The van der Waals surface area contributed by atoms with Gasteiger partial charge < -0.3 is 19.1 Å². The molecule has 1 amide bonds. The molecule has 1 aliphatic rings. The van der Waals surface area contributed by atoms with Crippen LogP contribution in [0.2, 0.25) is 0 Å². The molecule has 0 aromatic carbocycles. The van der Waals surface area contributed by atoms with E-state index in [4.69, 9.17) is 14.2 Å². The molecule has 1 aliphatic heterocycles. The van der Waals surface area contributed by atoms with Crippen LogP contribution in [0.5, 0.6) is 0 Å². The van der Waals surface area contributed by atoms with Crippen LogP contribution in [-0.2, 0) is 23.8 Å². The predicted octanol–water partition coefficient (Wildman–Crippen LogP) is 1.72. The number of carbonyl (C=O) groups is 2. The maximum absolute atomic E-state index is 12.3. The van der Waals surface area contributed by atoms with Crippen LogP contribution >= 0.6 is 0 Å². The molecular formula is C15H27NO5. The molecule has 0 spiro atoms. The average molecular weight is 301 g/mol. The van der Waals surface area contributed by atoms with Crippen molar-refractivity contribution in [2.45, 2.75) is 64.4 Å². The summed E-state index contributed by atoms with van der Waals surface area (Å²) in [6.07, 6.45) is 1.62. The van der Waals surface area contributed by atoms with E-state index in [1.54, 1.807) is 19.1 Å². The van der Waals surface area contributed by atoms with Crippen molar-refractivity contribution in [2.75, 3.05) is 20.8 Å². The summed E-state index contributed by atoms with van der Waals surface area (Å²) in [6, 6.07) is -0.0777. The quantitative estimate of drug-likeness (QED) is 0.552. The zero-order valence-corrected chi connectivity index (χ0v) is 13.7. The molecular weight excluding hydrogens is 274 g/mol. The molecule has 0 N–H and O–H groups in total. The van der Waals surface area contributed by atoms with Crippen LogP contribution in [0.25, 0.3) is 0 Å². The van der Waals surface area contributed by atoms with Crippen molar-refractivity contribution in [2.24, 2.45) is 0 Å². The number of likely N-dealkylation sites (tertiary alicyclic amines) is 1. The van der Waals surface area contributed by atoms with Crippen LogP contribution in [-0.4, -0.2) is 55.5 Å². The molecule has 6 nitrogen and oxygen atoms in total. The van der Waals surface area contributed by atoms with E-state index in [2.05, 4.69) is 0 Å². The SMILES string of the molecule is COC(OC)[C@@H]1CCCN1C(=O)CCC(=O)OC(C)(C)C. The van der Waals surface area contributed by atoms with Gasteiger partial charge in [-0.3, -0.25) is 9.59 Å². The Morgan fingerprint density at radius 1 is 1.19 bits per heavy atom. The van der Waals surface area contributed by atoms with Crippen LogP contribution < -0.4 is 0 Å². The highest BCUT2D eigenvalue weighted by molar-refractivity contribution is 5.82. The predicted molar refractivity (Wildman–Crippen MR) is 77.6 cm³/mol. The van der Waals surface area contributed by atoms with Crippen molar-refractivity contribution < 1.29 is 23.8 Å². The van der Waals surface area contributed by atoms with Gasteiger partial charge in [-0.25, -0.2) is 0 Å². The van der Waals surface area contributed by atoms with Gasteiger partial charge in [-0.2, -0.15) is 0 Å². The molecule has 1 atom stereocenters. The second-order valence-electron chi connectivity index (χ2n) is 6.22. The first-order valence-electron chi connectivity index (χ1n) is 7.35. The highest BCUT2D eigenvalue weighted by atomic mass is 16.7. The number of esters is 1. The zero-order chi connectivity index (χ0) is 16.0. The lowest BCUT2D eigenvalue weighted by Crippen LogP contribution is -2.44. The van der Waals surface area contributed by atoms with E-state index in [9.17, 15) is 9.59 Å². The number of methoxy groups -OCH3 is 2. The Labute approximate surface area is 126 Å². The summed E-state index contributed by atoms with van der Waals surface area (Å²) in [5, 5.41) is 0. The molecule has 122 valence electrons. The topological polar surface area (TPSA) is 65.1 Å². The summed E-state index contributed by atoms with van der Waals surface area (Å²) in [6.45, 7) is 6.11. The lowest BCUT2D eigenvalue weighted by atomic mass is 10.2. The zero-order valence-electron chi connectivity index (χ0n) is 13.7. The van der Waals surface area contributed by atoms with Crippen molar-refractivity contribution >= 4 is 11.9 Å². The molecule has 21 heavy (non-hydrogen) atoms. The van der Waals surface area contributed by atoms with Gasteiger partial charge in [-0.15, -0.1) is 0 Å². The summed E-state index contributed by atoms with van der Waals surface area (Å²) in [5.41, 5.74) is -0.520. The lowest BCUT2D eigenvalue weighted by molar-refractivity contribution is -0.161. The number of rotatable bonds is 6. The molecule has 0 unspecified atom stereocenters.